The van der Waals surface area contributed by atoms with Crippen molar-refractivity contribution in [2.45, 2.75) is 12.8 Å². The number of aromatic nitrogens is 1. The number of pyridine rings is 1. The summed E-state index contributed by atoms with van der Waals surface area (Å²) in [6, 6.07) is 3.75. The Morgan fingerprint density at radius 1 is 1.26 bits per heavy atom. The number of H-pyrrole nitrogens is 1. The van der Waals surface area contributed by atoms with Crippen molar-refractivity contribution in [2.75, 3.05) is 13.2 Å². The van der Waals surface area contributed by atoms with Gasteiger partial charge in [-0.25, -0.2) is 9.18 Å². The summed E-state index contributed by atoms with van der Waals surface area (Å²) in [4.78, 5) is 26.0. The second kappa shape index (κ2) is 8.78. The van der Waals surface area contributed by atoms with Crippen molar-refractivity contribution in [3.05, 3.63) is 82.1 Å². The van der Waals surface area contributed by atoms with Gasteiger partial charge >= 0.3 is 6.09 Å². The standard InChI is InChI=1S/C22H19FN2O6/c23-14-6-7-15-16(10-14)21(26)25-19(20(15)30-9-8-24-22(27)28)18-12-29-11-17(31-18)13-4-2-1-3-5-13/h1-2,4,6-7,10-12,24H,3,5,8-9H2,(H,25,26)(H,27,28). The Morgan fingerprint density at radius 3 is 2.87 bits per heavy atom. The zero-order chi connectivity index (χ0) is 21.8. The van der Waals surface area contributed by atoms with Crippen LogP contribution in [0.1, 0.15) is 18.5 Å². The summed E-state index contributed by atoms with van der Waals surface area (Å²) in [6.07, 6.45) is 9.15. The van der Waals surface area contributed by atoms with E-state index in [1.165, 1.54) is 24.7 Å². The highest BCUT2D eigenvalue weighted by molar-refractivity contribution is 5.91. The van der Waals surface area contributed by atoms with Crippen LogP contribution in [-0.4, -0.2) is 29.3 Å². The highest BCUT2D eigenvalue weighted by Crippen LogP contribution is 2.36. The summed E-state index contributed by atoms with van der Waals surface area (Å²) in [7, 11) is 0. The molecule has 0 radical (unpaired) electrons. The van der Waals surface area contributed by atoms with Crippen molar-refractivity contribution >= 4 is 22.6 Å². The van der Waals surface area contributed by atoms with Crippen LogP contribution in [0.3, 0.4) is 0 Å². The molecule has 8 nitrogen and oxygen atoms in total. The van der Waals surface area contributed by atoms with Gasteiger partial charge in [0.05, 0.1) is 11.9 Å². The number of nitrogens with one attached hydrogen (secondary N) is 2. The van der Waals surface area contributed by atoms with Gasteiger partial charge in [0.1, 0.15) is 30.6 Å². The summed E-state index contributed by atoms with van der Waals surface area (Å²) < 4.78 is 30.9. The maximum atomic E-state index is 13.7. The molecular formula is C22H19FN2O6. The van der Waals surface area contributed by atoms with Gasteiger partial charge in [0.2, 0.25) is 0 Å². The van der Waals surface area contributed by atoms with Gasteiger partial charge in [-0.3, -0.25) is 4.79 Å². The molecule has 0 unspecified atom stereocenters. The first-order chi connectivity index (χ1) is 15.0. The van der Waals surface area contributed by atoms with Crippen LogP contribution in [0.25, 0.3) is 16.5 Å². The van der Waals surface area contributed by atoms with Crippen LogP contribution in [0.5, 0.6) is 5.75 Å². The molecule has 0 fully saturated rings. The van der Waals surface area contributed by atoms with E-state index in [2.05, 4.69) is 10.3 Å². The monoisotopic (exact) mass is 426 g/mol. The number of allylic oxidation sites excluding steroid dienone is 4. The van der Waals surface area contributed by atoms with E-state index < -0.39 is 17.5 Å². The fourth-order valence-corrected chi connectivity index (χ4v) is 3.29. The maximum Gasteiger partial charge on any atom is 0.404 e. The fraction of sp³-hybridized carbons (Fsp3) is 0.182. The lowest BCUT2D eigenvalue weighted by Crippen LogP contribution is -2.26. The molecule has 9 heteroatoms. The highest BCUT2D eigenvalue weighted by Gasteiger charge is 2.23. The summed E-state index contributed by atoms with van der Waals surface area (Å²) in [5.74, 6) is 0.358. The number of fused-ring (bicyclic) bond motifs is 1. The van der Waals surface area contributed by atoms with Gasteiger partial charge in [-0.2, -0.15) is 0 Å². The average molecular weight is 426 g/mol. The Morgan fingerprint density at radius 2 is 2.10 bits per heavy atom. The van der Waals surface area contributed by atoms with Crippen molar-refractivity contribution in [3.8, 4) is 5.75 Å². The molecule has 0 saturated carbocycles. The van der Waals surface area contributed by atoms with E-state index in [1.54, 1.807) is 0 Å². The van der Waals surface area contributed by atoms with E-state index in [-0.39, 0.29) is 35.7 Å². The molecule has 1 aromatic carbocycles. The number of carbonyl (C=O) groups is 1. The van der Waals surface area contributed by atoms with Crippen molar-refractivity contribution in [2.24, 2.45) is 0 Å². The predicted octanol–water partition coefficient (Wildman–Crippen LogP) is 3.78. The number of rotatable bonds is 6. The Labute approximate surface area is 175 Å². The molecule has 4 rings (SSSR count). The molecular weight excluding hydrogens is 407 g/mol. The number of hydrogen-bond acceptors (Lipinski definition) is 5. The maximum absolute atomic E-state index is 13.7. The molecule has 0 atom stereocenters. The van der Waals surface area contributed by atoms with Crippen LogP contribution in [0.4, 0.5) is 9.18 Å². The average Bonchev–Trinajstić information content (AvgIpc) is 2.78. The van der Waals surface area contributed by atoms with E-state index in [0.29, 0.717) is 11.1 Å². The number of carboxylic acid groups (broad SMARTS) is 1. The first kappa shape index (κ1) is 20.3. The first-order valence-corrected chi connectivity index (χ1v) is 9.58. The van der Waals surface area contributed by atoms with Gasteiger partial charge in [0, 0.05) is 5.39 Å². The topological polar surface area (TPSA) is 110 Å². The zero-order valence-corrected chi connectivity index (χ0v) is 16.3. The van der Waals surface area contributed by atoms with Gasteiger partial charge in [-0.05, 0) is 36.6 Å². The Kier molecular flexibility index (Phi) is 5.74. The smallest absolute Gasteiger partial charge is 0.404 e. The molecule has 0 spiro atoms. The quantitative estimate of drug-likeness (QED) is 0.607. The number of aromatic amines is 1. The number of halogens is 1. The Hall–Kier alpha value is -4.01. The van der Waals surface area contributed by atoms with Gasteiger partial charge in [-0.15, -0.1) is 0 Å². The number of amides is 1. The van der Waals surface area contributed by atoms with Gasteiger partial charge in [0.25, 0.3) is 5.56 Å². The summed E-state index contributed by atoms with van der Waals surface area (Å²) in [6.45, 7) is -0.0119. The zero-order valence-electron chi connectivity index (χ0n) is 16.3. The molecule has 160 valence electrons. The van der Waals surface area contributed by atoms with E-state index in [4.69, 9.17) is 19.3 Å². The second-order valence-electron chi connectivity index (χ2n) is 6.79. The third-order valence-electron chi connectivity index (χ3n) is 4.71. The van der Waals surface area contributed by atoms with E-state index >= 15 is 0 Å². The second-order valence-corrected chi connectivity index (χ2v) is 6.79. The first-order valence-electron chi connectivity index (χ1n) is 9.58. The molecule has 2 aromatic rings. The molecule has 0 bridgehead atoms. The molecule has 0 saturated heterocycles. The molecule has 1 amide bonds. The van der Waals surface area contributed by atoms with Crippen molar-refractivity contribution < 1.29 is 28.5 Å². The number of hydrogen-bond donors (Lipinski definition) is 3. The molecule has 1 aliphatic heterocycles. The van der Waals surface area contributed by atoms with Crippen LogP contribution in [0.15, 0.2) is 65.1 Å². The molecule has 2 heterocycles. The molecule has 31 heavy (non-hydrogen) atoms. The molecule has 1 aromatic heterocycles. The summed E-state index contributed by atoms with van der Waals surface area (Å²) in [5.41, 5.74) is 0.615. The lowest BCUT2D eigenvalue weighted by molar-refractivity contribution is 0.191. The van der Waals surface area contributed by atoms with Crippen LogP contribution < -0.4 is 15.6 Å². The third-order valence-corrected chi connectivity index (χ3v) is 4.71. The van der Waals surface area contributed by atoms with Crippen LogP contribution in [-0.2, 0) is 9.47 Å². The van der Waals surface area contributed by atoms with Crippen molar-refractivity contribution in [1.82, 2.24) is 10.3 Å². The third kappa shape index (κ3) is 4.45. The minimum Gasteiger partial charge on any atom is -0.489 e. The normalized spacial score (nSPS) is 15.3. The van der Waals surface area contributed by atoms with Crippen LogP contribution in [0.2, 0.25) is 0 Å². The number of benzene rings is 1. The summed E-state index contributed by atoms with van der Waals surface area (Å²) in [5, 5.41) is 11.4. The van der Waals surface area contributed by atoms with Gasteiger partial charge in [-0.1, -0.05) is 18.2 Å². The molecule has 1 aliphatic carbocycles. The van der Waals surface area contributed by atoms with Crippen molar-refractivity contribution in [3.63, 3.8) is 0 Å². The molecule has 2 aliphatic rings. The lowest BCUT2D eigenvalue weighted by Gasteiger charge is -2.21. The Balaban J connectivity index is 1.71. The minimum absolute atomic E-state index is 0.0113. The van der Waals surface area contributed by atoms with Gasteiger partial charge in [0.15, 0.2) is 17.3 Å². The summed E-state index contributed by atoms with van der Waals surface area (Å²) >= 11 is 0. The van der Waals surface area contributed by atoms with E-state index in [0.717, 1.165) is 24.5 Å². The van der Waals surface area contributed by atoms with Crippen LogP contribution in [0, 0.1) is 5.82 Å². The fourth-order valence-electron chi connectivity index (χ4n) is 3.29. The minimum atomic E-state index is -1.19. The van der Waals surface area contributed by atoms with E-state index in [1.807, 2.05) is 18.2 Å². The van der Waals surface area contributed by atoms with Crippen molar-refractivity contribution in [1.29, 1.82) is 0 Å². The van der Waals surface area contributed by atoms with Gasteiger partial charge < -0.3 is 29.6 Å². The molecule has 3 N–H and O–H groups in total. The SMILES string of the molecule is O=C(O)NCCOc1c(C2=COC=C(C3=CC=CCC3)O2)[nH]c(=O)c2cc(F)ccc12. The lowest BCUT2D eigenvalue weighted by atomic mass is 10.0. The van der Waals surface area contributed by atoms with Crippen LogP contribution >= 0.6 is 0 Å². The Bertz CT molecular complexity index is 1210. The predicted molar refractivity (Wildman–Crippen MR) is 111 cm³/mol. The van der Waals surface area contributed by atoms with E-state index in [9.17, 15) is 14.0 Å². The number of ether oxygens (including phenoxy) is 3. The highest BCUT2D eigenvalue weighted by atomic mass is 19.1. The largest absolute Gasteiger partial charge is 0.489 e.